The summed E-state index contributed by atoms with van der Waals surface area (Å²) in [5.74, 6) is -3.69. The van der Waals surface area contributed by atoms with Crippen LogP contribution in [0.25, 0.3) is 0 Å². The molecule has 0 bridgehead atoms. The summed E-state index contributed by atoms with van der Waals surface area (Å²) in [6.07, 6.45) is 0.935. The van der Waals surface area contributed by atoms with E-state index in [0.717, 1.165) is 6.26 Å². The van der Waals surface area contributed by atoms with Crippen LogP contribution < -0.4 is 0 Å². The van der Waals surface area contributed by atoms with Gasteiger partial charge in [-0.1, -0.05) is 0 Å². The van der Waals surface area contributed by atoms with Gasteiger partial charge in [0.25, 0.3) is 0 Å². The molecule has 0 aromatic heterocycles. The second-order valence-electron chi connectivity index (χ2n) is 3.72. The lowest BCUT2D eigenvalue weighted by molar-refractivity contribution is 0.488. The Bertz CT molecular complexity index is 531. The molecular formula is C10H10ClF3O2S. The molecule has 96 valence electrons. The first-order valence-electron chi connectivity index (χ1n) is 4.62. The lowest BCUT2D eigenvalue weighted by atomic mass is 10.1. The van der Waals surface area contributed by atoms with Gasteiger partial charge in [-0.2, -0.15) is 0 Å². The Morgan fingerprint density at radius 1 is 1.12 bits per heavy atom. The highest BCUT2D eigenvalue weighted by molar-refractivity contribution is 7.91. The standard InChI is InChI=1S/C10H10ClF3O2S/c1-5(17(2,15)16)10(11)6-3-8(13)9(14)4-7(6)12/h3-5,10H,1-2H3. The summed E-state index contributed by atoms with van der Waals surface area (Å²) in [5.41, 5.74) is -0.372. The van der Waals surface area contributed by atoms with Gasteiger partial charge in [-0.15, -0.1) is 11.6 Å². The zero-order chi connectivity index (χ0) is 13.4. The smallest absolute Gasteiger partial charge is 0.161 e. The van der Waals surface area contributed by atoms with Crippen molar-refractivity contribution in [3.8, 4) is 0 Å². The number of rotatable bonds is 3. The summed E-state index contributed by atoms with van der Waals surface area (Å²) < 4.78 is 61.4. The molecule has 0 amide bonds. The van der Waals surface area contributed by atoms with Crippen LogP contribution in [0.15, 0.2) is 12.1 Å². The van der Waals surface area contributed by atoms with Crippen LogP contribution in [0.5, 0.6) is 0 Å². The summed E-state index contributed by atoms with van der Waals surface area (Å²) in [5, 5.41) is -2.39. The average molecular weight is 287 g/mol. The van der Waals surface area contributed by atoms with Gasteiger partial charge >= 0.3 is 0 Å². The maximum atomic E-state index is 13.3. The predicted molar refractivity (Wildman–Crippen MR) is 59.2 cm³/mol. The van der Waals surface area contributed by atoms with Crippen molar-refractivity contribution in [1.29, 1.82) is 0 Å². The molecule has 0 heterocycles. The fraction of sp³-hybridized carbons (Fsp3) is 0.400. The quantitative estimate of drug-likeness (QED) is 0.632. The number of halogens is 4. The van der Waals surface area contributed by atoms with Crippen LogP contribution in [-0.4, -0.2) is 19.9 Å². The van der Waals surface area contributed by atoms with Crippen LogP contribution >= 0.6 is 11.6 Å². The molecule has 7 heteroatoms. The third kappa shape index (κ3) is 3.13. The second-order valence-corrected chi connectivity index (χ2v) is 6.60. The van der Waals surface area contributed by atoms with Crippen molar-refractivity contribution in [1.82, 2.24) is 0 Å². The molecule has 1 aromatic carbocycles. The summed E-state index contributed by atoms with van der Waals surface area (Å²) >= 11 is 5.76. The number of alkyl halides is 1. The van der Waals surface area contributed by atoms with Gasteiger partial charge in [0, 0.05) is 17.9 Å². The first kappa shape index (κ1) is 14.3. The topological polar surface area (TPSA) is 34.1 Å². The van der Waals surface area contributed by atoms with Crippen molar-refractivity contribution >= 4 is 21.4 Å². The highest BCUT2D eigenvalue weighted by Crippen LogP contribution is 2.31. The molecule has 0 aliphatic heterocycles. The van der Waals surface area contributed by atoms with E-state index in [1.807, 2.05) is 0 Å². The molecule has 0 N–H and O–H groups in total. The van der Waals surface area contributed by atoms with Crippen molar-refractivity contribution in [2.24, 2.45) is 0 Å². The van der Waals surface area contributed by atoms with Crippen LogP contribution in [-0.2, 0) is 9.84 Å². The molecule has 0 fully saturated rings. The maximum absolute atomic E-state index is 13.3. The Morgan fingerprint density at radius 3 is 2.06 bits per heavy atom. The minimum Gasteiger partial charge on any atom is -0.229 e. The molecular weight excluding hydrogens is 277 g/mol. The minimum atomic E-state index is -3.50. The second kappa shape index (κ2) is 4.86. The first-order chi connectivity index (χ1) is 7.64. The van der Waals surface area contributed by atoms with Gasteiger partial charge in [0.1, 0.15) is 5.82 Å². The number of hydrogen-bond donors (Lipinski definition) is 0. The molecule has 0 radical (unpaired) electrons. The molecule has 1 rings (SSSR count). The SMILES string of the molecule is CC(C(Cl)c1cc(F)c(F)cc1F)S(C)(=O)=O. The highest BCUT2D eigenvalue weighted by atomic mass is 35.5. The van der Waals surface area contributed by atoms with E-state index in [4.69, 9.17) is 11.6 Å². The first-order valence-corrected chi connectivity index (χ1v) is 7.01. The molecule has 1 aromatic rings. The van der Waals surface area contributed by atoms with Crippen LogP contribution in [0.4, 0.5) is 13.2 Å². The van der Waals surface area contributed by atoms with E-state index in [2.05, 4.69) is 0 Å². The molecule has 0 spiro atoms. The van der Waals surface area contributed by atoms with E-state index in [1.165, 1.54) is 6.92 Å². The van der Waals surface area contributed by atoms with Crippen LogP contribution in [0, 0.1) is 17.5 Å². The van der Waals surface area contributed by atoms with E-state index in [0.29, 0.717) is 12.1 Å². The summed E-state index contributed by atoms with van der Waals surface area (Å²) in [7, 11) is -3.50. The Hall–Kier alpha value is -0.750. The third-order valence-corrected chi connectivity index (χ3v) is 4.81. The van der Waals surface area contributed by atoms with Gasteiger partial charge in [0.05, 0.1) is 10.6 Å². The fourth-order valence-electron chi connectivity index (χ4n) is 1.22. The normalized spacial score (nSPS) is 15.6. The van der Waals surface area contributed by atoms with Gasteiger partial charge in [-0.25, -0.2) is 21.6 Å². The van der Waals surface area contributed by atoms with Crippen molar-refractivity contribution in [2.75, 3.05) is 6.26 Å². The van der Waals surface area contributed by atoms with Gasteiger partial charge < -0.3 is 0 Å². The number of hydrogen-bond acceptors (Lipinski definition) is 2. The molecule has 17 heavy (non-hydrogen) atoms. The zero-order valence-corrected chi connectivity index (χ0v) is 10.6. The lowest BCUT2D eigenvalue weighted by Crippen LogP contribution is -2.22. The Labute approximate surface area is 102 Å². The monoisotopic (exact) mass is 286 g/mol. The van der Waals surface area contributed by atoms with Crippen LogP contribution in [0.1, 0.15) is 17.9 Å². The molecule has 2 nitrogen and oxygen atoms in total. The predicted octanol–water partition coefficient (Wildman–Crippen LogP) is 2.82. The van der Waals surface area contributed by atoms with Crippen molar-refractivity contribution < 1.29 is 21.6 Å². The van der Waals surface area contributed by atoms with Gasteiger partial charge in [-0.05, 0) is 13.0 Å². The molecule has 2 atom stereocenters. The third-order valence-electron chi connectivity index (χ3n) is 2.42. The van der Waals surface area contributed by atoms with E-state index < -0.39 is 37.9 Å². The largest absolute Gasteiger partial charge is 0.229 e. The van der Waals surface area contributed by atoms with Crippen molar-refractivity contribution in [3.05, 3.63) is 35.1 Å². The Kier molecular flexibility index (Phi) is 4.09. The summed E-state index contributed by atoms with van der Waals surface area (Å²) in [6.45, 7) is 1.27. The van der Waals surface area contributed by atoms with Gasteiger partial charge in [0.2, 0.25) is 0 Å². The summed E-state index contributed by atoms with van der Waals surface area (Å²) in [6, 6.07) is 0.916. The van der Waals surface area contributed by atoms with E-state index in [1.54, 1.807) is 0 Å². The van der Waals surface area contributed by atoms with E-state index in [9.17, 15) is 21.6 Å². The number of sulfone groups is 1. The van der Waals surface area contributed by atoms with Crippen molar-refractivity contribution in [2.45, 2.75) is 17.6 Å². The molecule has 0 aliphatic rings. The molecule has 0 aliphatic carbocycles. The summed E-state index contributed by atoms with van der Waals surface area (Å²) in [4.78, 5) is 0. The number of benzene rings is 1. The van der Waals surface area contributed by atoms with E-state index in [-0.39, 0.29) is 5.56 Å². The lowest BCUT2D eigenvalue weighted by Gasteiger charge is -2.17. The van der Waals surface area contributed by atoms with Crippen LogP contribution in [0.3, 0.4) is 0 Å². The van der Waals surface area contributed by atoms with E-state index >= 15 is 0 Å². The zero-order valence-electron chi connectivity index (χ0n) is 9.05. The highest BCUT2D eigenvalue weighted by Gasteiger charge is 2.28. The molecule has 2 unspecified atom stereocenters. The van der Waals surface area contributed by atoms with Crippen molar-refractivity contribution in [3.63, 3.8) is 0 Å². The fourth-order valence-corrected chi connectivity index (χ4v) is 2.53. The average Bonchev–Trinajstić information content (AvgIpc) is 2.20. The van der Waals surface area contributed by atoms with Gasteiger partial charge in [0.15, 0.2) is 21.5 Å². The molecule has 0 saturated heterocycles. The molecule has 0 saturated carbocycles. The maximum Gasteiger partial charge on any atom is 0.161 e. The van der Waals surface area contributed by atoms with Gasteiger partial charge in [-0.3, -0.25) is 0 Å². The Morgan fingerprint density at radius 2 is 1.59 bits per heavy atom. The Balaban J connectivity index is 3.22. The van der Waals surface area contributed by atoms with Crippen LogP contribution in [0.2, 0.25) is 0 Å². The minimum absolute atomic E-state index is 0.342.